The van der Waals surface area contributed by atoms with Crippen molar-refractivity contribution in [3.63, 3.8) is 0 Å². The SMILES string of the molecule is CC(C)CCS(=O)(=O)CC(O)(C(=O)Nc1ccc(C#N)c(C(F)(F)F)c1)c1ccc(F)c(F)c1. The van der Waals surface area contributed by atoms with Crippen LogP contribution in [0.4, 0.5) is 27.6 Å². The van der Waals surface area contributed by atoms with Crippen LogP contribution in [0.25, 0.3) is 0 Å². The van der Waals surface area contributed by atoms with Gasteiger partial charge in [-0.2, -0.15) is 18.4 Å². The lowest BCUT2D eigenvalue weighted by Gasteiger charge is -2.28. The zero-order valence-electron chi connectivity index (χ0n) is 18.1. The van der Waals surface area contributed by atoms with E-state index >= 15 is 0 Å². The first-order valence-corrected chi connectivity index (χ1v) is 11.7. The third-order valence-electron chi connectivity index (χ3n) is 4.91. The standard InChI is InChI=1S/C22H21F5N2O4S/c1-13(2)7-8-34(32,33)12-21(31,15-4-6-18(23)19(24)9-15)20(30)29-16-5-3-14(11-28)17(10-16)22(25,26)27/h3-6,9-10,13,31H,7-8,12H2,1-2H3,(H,29,30). The monoisotopic (exact) mass is 504 g/mol. The molecule has 2 aromatic carbocycles. The van der Waals surface area contributed by atoms with E-state index in [1.807, 2.05) is 5.32 Å². The average Bonchev–Trinajstić information content (AvgIpc) is 2.73. The van der Waals surface area contributed by atoms with Gasteiger partial charge in [0.25, 0.3) is 5.91 Å². The number of nitrogens with one attached hydrogen (secondary N) is 1. The highest BCUT2D eigenvalue weighted by Gasteiger charge is 2.43. The highest BCUT2D eigenvalue weighted by atomic mass is 32.2. The fourth-order valence-electron chi connectivity index (χ4n) is 3.03. The molecular weight excluding hydrogens is 483 g/mol. The van der Waals surface area contributed by atoms with Crippen LogP contribution in [0, 0.1) is 28.9 Å². The molecule has 0 aliphatic heterocycles. The van der Waals surface area contributed by atoms with Gasteiger partial charge in [-0.05, 0) is 48.2 Å². The van der Waals surface area contributed by atoms with Crippen molar-refractivity contribution in [2.45, 2.75) is 32.0 Å². The summed E-state index contributed by atoms with van der Waals surface area (Å²) in [5, 5.41) is 22.0. The summed E-state index contributed by atoms with van der Waals surface area (Å²) in [6, 6.07) is 5.36. The van der Waals surface area contributed by atoms with Gasteiger partial charge in [0, 0.05) is 5.69 Å². The molecule has 0 radical (unpaired) electrons. The molecule has 2 rings (SSSR count). The first-order chi connectivity index (χ1) is 15.6. The molecule has 6 nitrogen and oxygen atoms in total. The lowest BCUT2D eigenvalue weighted by molar-refractivity contribution is -0.138. The van der Waals surface area contributed by atoms with Crippen molar-refractivity contribution in [1.29, 1.82) is 5.26 Å². The van der Waals surface area contributed by atoms with Crippen molar-refractivity contribution in [3.8, 4) is 6.07 Å². The molecule has 0 aromatic heterocycles. The fraction of sp³-hybridized carbons (Fsp3) is 0.364. The van der Waals surface area contributed by atoms with Gasteiger partial charge < -0.3 is 10.4 Å². The molecule has 2 aromatic rings. The summed E-state index contributed by atoms with van der Waals surface area (Å²) in [5.74, 6) is -5.98. The molecule has 0 saturated heterocycles. The largest absolute Gasteiger partial charge is 0.417 e. The molecule has 0 heterocycles. The Morgan fingerprint density at radius 2 is 1.76 bits per heavy atom. The topological polar surface area (TPSA) is 107 Å². The van der Waals surface area contributed by atoms with E-state index in [1.165, 1.54) is 6.07 Å². The van der Waals surface area contributed by atoms with Crippen molar-refractivity contribution in [1.82, 2.24) is 0 Å². The van der Waals surface area contributed by atoms with E-state index in [0.29, 0.717) is 18.2 Å². The molecule has 34 heavy (non-hydrogen) atoms. The van der Waals surface area contributed by atoms with Crippen LogP contribution in [-0.4, -0.2) is 30.9 Å². The number of benzene rings is 2. The molecule has 1 amide bonds. The Labute approximate surface area is 192 Å². The quantitative estimate of drug-likeness (QED) is 0.526. The van der Waals surface area contributed by atoms with Crippen LogP contribution < -0.4 is 5.32 Å². The molecule has 2 N–H and O–H groups in total. The Balaban J connectivity index is 2.52. The van der Waals surface area contributed by atoms with Gasteiger partial charge in [0.15, 0.2) is 27.1 Å². The van der Waals surface area contributed by atoms with E-state index in [4.69, 9.17) is 5.26 Å². The van der Waals surface area contributed by atoms with Crippen molar-refractivity contribution in [3.05, 3.63) is 64.7 Å². The number of anilines is 1. The van der Waals surface area contributed by atoms with E-state index in [-0.39, 0.29) is 12.3 Å². The molecule has 0 spiro atoms. The van der Waals surface area contributed by atoms with Crippen LogP contribution >= 0.6 is 0 Å². The molecule has 0 aliphatic rings. The molecule has 0 aliphatic carbocycles. The number of aliphatic hydroxyl groups is 1. The van der Waals surface area contributed by atoms with E-state index in [0.717, 1.165) is 18.2 Å². The second-order valence-corrected chi connectivity index (χ2v) is 10.3. The zero-order valence-corrected chi connectivity index (χ0v) is 18.9. The number of alkyl halides is 3. The van der Waals surface area contributed by atoms with Crippen LogP contribution in [0.1, 0.15) is 37.0 Å². The maximum Gasteiger partial charge on any atom is 0.417 e. The summed E-state index contributed by atoms with van der Waals surface area (Å²) >= 11 is 0. The smallest absolute Gasteiger partial charge is 0.374 e. The summed E-state index contributed by atoms with van der Waals surface area (Å²) in [6.45, 7) is 3.49. The Morgan fingerprint density at radius 1 is 1.12 bits per heavy atom. The molecule has 0 fully saturated rings. The van der Waals surface area contributed by atoms with E-state index in [1.54, 1.807) is 13.8 Å². The Hall–Kier alpha value is -3.04. The summed E-state index contributed by atoms with van der Waals surface area (Å²) < 4.78 is 92.2. The van der Waals surface area contributed by atoms with Crippen molar-refractivity contribution >= 4 is 21.4 Å². The fourth-order valence-corrected chi connectivity index (χ4v) is 4.94. The summed E-state index contributed by atoms with van der Waals surface area (Å²) in [7, 11) is -4.13. The number of carbonyl (C=O) groups is 1. The van der Waals surface area contributed by atoms with E-state index < -0.39 is 73.0 Å². The van der Waals surface area contributed by atoms with E-state index in [2.05, 4.69) is 0 Å². The number of amides is 1. The van der Waals surface area contributed by atoms with Gasteiger partial charge in [-0.25, -0.2) is 17.2 Å². The van der Waals surface area contributed by atoms with Crippen LogP contribution in [0.5, 0.6) is 0 Å². The minimum absolute atomic E-state index is 0.0422. The highest BCUT2D eigenvalue weighted by molar-refractivity contribution is 7.91. The number of nitriles is 1. The Bertz CT molecular complexity index is 1220. The summed E-state index contributed by atoms with van der Waals surface area (Å²) in [6.07, 6.45) is -4.76. The lowest BCUT2D eigenvalue weighted by Crippen LogP contribution is -2.46. The van der Waals surface area contributed by atoms with Crippen LogP contribution in [-0.2, 0) is 26.4 Å². The molecule has 1 unspecified atom stereocenters. The predicted octanol–water partition coefficient (Wildman–Crippen LogP) is 4.14. The first-order valence-electron chi connectivity index (χ1n) is 9.90. The predicted molar refractivity (Wildman–Crippen MR) is 113 cm³/mol. The lowest BCUT2D eigenvalue weighted by atomic mass is 9.94. The molecule has 12 heteroatoms. The van der Waals surface area contributed by atoms with Gasteiger partial charge in [-0.3, -0.25) is 4.79 Å². The van der Waals surface area contributed by atoms with Crippen molar-refractivity contribution in [2.75, 3.05) is 16.8 Å². The van der Waals surface area contributed by atoms with Crippen LogP contribution in [0.2, 0.25) is 0 Å². The summed E-state index contributed by atoms with van der Waals surface area (Å²) in [5.41, 5.74) is -6.17. The highest BCUT2D eigenvalue weighted by Crippen LogP contribution is 2.34. The van der Waals surface area contributed by atoms with Gasteiger partial charge in [0.2, 0.25) is 0 Å². The average molecular weight is 504 g/mol. The molecular formula is C22H21F5N2O4S. The van der Waals surface area contributed by atoms with E-state index in [9.17, 15) is 40.3 Å². The number of sulfone groups is 1. The number of hydrogen-bond acceptors (Lipinski definition) is 5. The number of hydrogen-bond donors (Lipinski definition) is 2. The third-order valence-corrected chi connectivity index (χ3v) is 6.63. The van der Waals surface area contributed by atoms with Gasteiger partial charge >= 0.3 is 6.18 Å². The molecule has 1 atom stereocenters. The van der Waals surface area contributed by atoms with Gasteiger partial charge in [-0.15, -0.1) is 0 Å². The normalized spacial score (nSPS) is 13.9. The number of nitrogens with zero attached hydrogens (tertiary/aromatic N) is 1. The number of carbonyl (C=O) groups excluding carboxylic acids is 1. The Kier molecular flexibility index (Phi) is 8.06. The number of rotatable bonds is 8. The second-order valence-electron chi connectivity index (χ2n) is 8.09. The maximum atomic E-state index is 13.8. The van der Waals surface area contributed by atoms with Gasteiger partial charge in [-0.1, -0.05) is 19.9 Å². The number of halogens is 5. The third kappa shape index (κ3) is 6.51. The van der Waals surface area contributed by atoms with Crippen LogP contribution in [0.15, 0.2) is 36.4 Å². The van der Waals surface area contributed by atoms with Crippen LogP contribution in [0.3, 0.4) is 0 Å². The minimum Gasteiger partial charge on any atom is -0.374 e. The first kappa shape index (κ1) is 27.2. The Morgan fingerprint density at radius 3 is 2.29 bits per heavy atom. The van der Waals surface area contributed by atoms with Crippen molar-refractivity contribution in [2.24, 2.45) is 5.92 Å². The second kappa shape index (κ2) is 10.1. The minimum atomic E-state index is -4.94. The summed E-state index contributed by atoms with van der Waals surface area (Å²) in [4.78, 5) is 13.0. The molecule has 0 bridgehead atoms. The van der Waals surface area contributed by atoms with Gasteiger partial charge in [0.05, 0.1) is 28.7 Å². The zero-order chi connectivity index (χ0) is 25.9. The molecule has 184 valence electrons. The van der Waals surface area contributed by atoms with Crippen molar-refractivity contribution < 1.29 is 40.3 Å². The van der Waals surface area contributed by atoms with Gasteiger partial charge in [0.1, 0.15) is 0 Å². The maximum absolute atomic E-state index is 13.8. The molecule has 0 saturated carbocycles.